The molecule has 4 aromatic rings. The molecule has 0 spiro atoms. The second kappa shape index (κ2) is 9.56. The van der Waals surface area contributed by atoms with Gasteiger partial charge < -0.3 is 19.5 Å². The van der Waals surface area contributed by atoms with E-state index in [0.29, 0.717) is 55.1 Å². The van der Waals surface area contributed by atoms with Gasteiger partial charge in [-0.3, -0.25) is 9.48 Å². The highest BCUT2D eigenvalue weighted by Gasteiger charge is 2.30. The first-order valence-electron chi connectivity index (χ1n) is 12.1. The van der Waals surface area contributed by atoms with Crippen molar-refractivity contribution in [2.24, 2.45) is 0 Å². The molecule has 2 aromatic carbocycles. The topological polar surface area (TPSA) is 94.6 Å². The van der Waals surface area contributed by atoms with Crippen molar-refractivity contribution in [2.75, 3.05) is 31.2 Å². The average Bonchev–Trinajstić information content (AvgIpc) is 3.48. The number of ether oxygens (including phenoxy) is 2. The van der Waals surface area contributed by atoms with Crippen molar-refractivity contribution >= 4 is 16.9 Å². The number of para-hydroxylation sites is 1. The lowest BCUT2D eigenvalue weighted by atomic mass is 10.0. The molecule has 192 valence electrons. The normalized spacial score (nSPS) is 19.5. The van der Waals surface area contributed by atoms with Crippen LogP contribution in [0.1, 0.15) is 18.0 Å². The number of hydrogen-bond donors (Lipinski definition) is 1. The molecule has 0 unspecified atom stereocenters. The van der Waals surface area contributed by atoms with Crippen molar-refractivity contribution in [3.63, 3.8) is 0 Å². The summed E-state index contributed by atoms with van der Waals surface area (Å²) >= 11 is 0. The zero-order valence-electron chi connectivity index (χ0n) is 19.8. The third-order valence-electron chi connectivity index (χ3n) is 6.97. The van der Waals surface area contributed by atoms with E-state index in [-0.39, 0.29) is 30.1 Å². The lowest BCUT2D eigenvalue weighted by molar-refractivity contribution is -0.0507. The Morgan fingerprint density at radius 3 is 2.70 bits per heavy atom. The van der Waals surface area contributed by atoms with Gasteiger partial charge in [-0.15, -0.1) is 0 Å². The Bertz CT molecular complexity index is 1490. The van der Waals surface area contributed by atoms with Gasteiger partial charge in [0.1, 0.15) is 5.75 Å². The molecule has 9 nitrogen and oxygen atoms in total. The van der Waals surface area contributed by atoms with E-state index in [1.165, 1.54) is 6.07 Å². The number of benzene rings is 2. The van der Waals surface area contributed by atoms with E-state index in [2.05, 4.69) is 9.97 Å². The fourth-order valence-corrected chi connectivity index (χ4v) is 5.25. The number of nitrogens with zero attached hydrogens (tertiary/aromatic N) is 5. The Kier molecular flexibility index (Phi) is 6.09. The second-order valence-corrected chi connectivity index (χ2v) is 9.12. The van der Waals surface area contributed by atoms with Crippen molar-refractivity contribution in [3.8, 4) is 16.9 Å². The molecule has 2 aromatic heterocycles. The van der Waals surface area contributed by atoms with Gasteiger partial charge in [0.05, 0.1) is 36.3 Å². The van der Waals surface area contributed by atoms with Gasteiger partial charge >= 0.3 is 6.61 Å². The van der Waals surface area contributed by atoms with Crippen LogP contribution in [0.5, 0.6) is 5.75 Å². The van der Waals surface area contributed by atoms with Crippen LogP contribution in [0.25, 0.3) is 22.0 Å². The highest BCUT2D eigenvalue weighted by atomic mass is 19.3. The number of aliphatic hydroxyl groups is 1. The molecule has 0 bridgehead atoms. The fraction of sp³-hybridized carbons (Fsp3) is 0.346. The van der Waals surface area contributed by atoms with Crippen LogP contribution in [-0.2, 0) is 11.3 Å². The van der Waals surface area contributed by atoms with E-state index in [0.717, 1.165) is 11.1 Å². The standard InChI is InChI=1S/C26H25F2N5O4/c27-25(28)37-23-4-2-1-3-19(23)21-7-8-32-24(35)20-6-5-16(11-22(20)33(21)32)17-12-29-26(30-13-17)31-9-10-36-18(14-31)15-34/h1-6,11-13,18,21,25,34H,7-10,14-15H2/t18-,21-/m0/s1. The van der Waals surface area contributed by atoms with Crippen molar-refractivity contribution in [1.82, 2.24) is 19.3 Å². The van der Waals surface area contributed by atoms with Gasteiger partial charge in [0, 0.05) is 43.2 Å². The Balaban J connectivity index is 1.36. The highest BCUT2D eigenvalue weighted by molar-refractivity contribution is 5.84. The summed E-state index contributed by atoms with van der Waals surface area (Å²) in [6.07, 6.45) is 3.79. The summed E-state index contributed by atoms with van der Waals surface area (Å²) in [4.78, 5) is 24.1. The monoisotopic (exact) mass is 509 g/mol. The summed E-state index contributed by atoms with van der Waals surface area (Å²) in [5.74, 6) is 0.667. The Hall–Kier alpha value is -3.83. The molecule has 0 saturated carbocycles. The van der Waals surface area contributed by atoms with Crippen LogP contribution >= 0.6 is 0 Å². The number of halogens is 2. The maximum atomic E-state index is 13.1. The zero-order valence-corrected chi connectivity index (χ0v) is 19.8. The molecule has 2 aliphatic heterocycles. The number of rotatable bonds is 6. The molecule has 0 amide bonds. The smallest absolute Gasteiger partial charge is 0.387 e. The van der Waals surface area contributed by atoms with Gasteiger partial charge in [0.25, 0.3) is 5.56 Å². The number of aromatic nitrogens is 4. The average molecular weight is 510 g/mol. The van der Waals surface area contributed by atoms with Gasteiger partial charge in [-0.2, -0.15) is 8.78 Å². The van der Waals surface area contributed by atoms with Gasteiger partial charge in [-0.1, -0.05) is 24.3 Å². The maximum absolute atomic E-state index is 13.1. The Morgan fingerprint density at radius 2 is 1.92 bits per heavy atom. The lowest BCUT2D eigenvalue weighted by Gasteiger charge is -2.31. The molecular formula is C26H25F2N5O4. The van der Waals surface area contributed by atoms with Gasteiger partial charge in [-0.25, -0.2) is 14.6 Å². The summed E-state index contributed by atoms with van der Waals surface area (Å²) in [7, 11) is 0. The molecular weight excluding hydrogens is 484 g/mol. The van der Waals surface area contributed by atoms with Gasteiger partial charge in [0.15, 0.2) is 0 Å². The van der Waals surface area contributed by atoms with Crippen molar-refractivity contribution in [1.29, 1.82) is 0 Å². The van der Waals surface area contributed by atoms with E-state index in [9.17, 15) is 18.7 Å². The molecule has 11 heteroatoms. The van der Waals surface area contributed by atoms with Crippen LogP contribution in [0.4, 0.5) is 14.7 Å². The first-order chi connectivity index (χ1) is 18.0. The number of fused-ring (bicyclic) bond motifs is 3. The maximum Gasteiger partial charge on any atom is 0.387 e. The summed E-state index contributed by atoms with van der Waals surface area (Å²) in [5, 5.41) is 9.95. The number of aliphatic hydroxyl groups excluding tert-OH is 1. The number of anilines is 1. The first-order valence-corrected chi connectivity index (χ1v) is 12.1. The van der Waals surface area contributed by atoms with Crippen LogP contribution in [0.2, 0.25) is 0 Å². The van der Waals surface area contributed by atoms with Crippen LogP contribution in [-0.4, -0.2) is 63.5 Å². The predicted octanol–water partition coefficient (Wildman–Crippen LogP) is 3.05. The Labute approximate surface area is 210 Å². The van der Waals surface area contributed by atoms with Crippen LogP contribution in [0.15, 0.2) is 59.7 Å². The third kappa shape index (κ3) is 4.23. The van der Waals surface area contributed by atoms with Gasteiger partial charge in [-0.05, 0) is 30.2 Å². The molecule has 0 radical (unpaired) electrons. The minimum absolute atomic E-state index is 0.0598. The summed E-state index contributed by atoms with van der Waals surface area (Å²) in [6.45, 7) is -0.876. The highest BCUT2D eigenvalue weighted by Crippen LogP contribution is 2.37. The molecule has 2 aliphatic rings. The summed E-state index contributed by atoms with van der Waals surface area (Å²) < 4.78 is 39.9. The molecule has 0 aliphatic carbocycles. The SMILES string of the molecule is O=c1c2ccc(-c3cnc(N4CCO[C@H](CO)C4)nc3)cc2n2n1CC[C@H]2c1ccccc1OC(F)F. The summed E-state index contributed by atoms with van der Waals surface area (Å²) in [6, 6.07) is 11.9. The Morgan fingerprint density at radius 1 is 1.11 bits per heavy atom. The third-order valence-corrected chi connectivity index (χ3v) is 6.97. The van der Waals surface area contributed by atoms with Gasteiger partial charge in [0.2, 0.25) is 5.95 Å². The van der Waals surface area contributed by atoms with E-state index in [4.69, 9.17) is 9.47 Å². The van der Waals surface area contributed by atoms with Crippen molar-refractivity contribution < 1.29 is 23.4 Å². The quantitative estimate of drug-likeness (QED) is 0.427. The minimum Gasteiger partial charge on any atom is -0.434 e. The van der Waals surface area contributed by atoms with E-state index in [1.54, 1.807) is 41.3 Å². The van der Waals surface area contributed by atoms with E-state index in [1.807, 2.05) is 21.7 Å². The number of morpholine rings is 1. The lowest BCUT2D eigenvalue weighted by Crippen LogP contribution is -2.44. The van der Waals surface area contributed by atoms with Crippen LogP contribution < -0.4 is 15.2 Å². The zero-order chi connectivity index (χ0) is 25.5. The van der Waals surface area contributed by atoms with Crippen LogP contribution in [0.3, 0.4) is 0 Å². The van der Waals surface area contributed by atoms with Crippen molar-refractivity contribution in [3.05, 3.63) is 70.8 Å². The van der Waals surface area contributed by atoms with E-state index < -0.39 is 6.61 Å². The fourth-order valence-electron chi connectivity index (χ4n) is 5.25. The number of alkyl halides is 2. The summed E-state index contributed by atoms with van der Waals surface area (Å²) in [5.41, 5.74) is 2.81. The molecule has 37 heavy (non-hydrogen) atoms. The van der Waals surface area contributed by atoms with Crippen LogP contribution in [0, 0.1) is 0 Å². The molecule has 1 N–H and O–H groups in total. The number of hydrogen-bond acceptors (Lipinski definition) is 7. The minimum atomic E-state index is -2.94. The first kappa shape index (κ1) is 23.6. The second-order valence-electron chi connectivity index (χ2n) is 9.12. The molecule has 6 rings (SSSR count). The molecule has 1 saturated heterocycles. The van der Waals surface area contributed by atoms with E-state index >= 15 is 0 Å². The molecule has 2 atom stereocenters. The largest absolute Gasteiger partial charge is 0.434 e. The van der Waals surface area contributed by atoms with Crippen molar-refractivity contribution in [2.45, 2.75) is 31.7 Å². The molecule has 4 heterocycles. The molecule has 1 fully saturated rings. The predicted molar refractivity (Wildman–Crippen MR) is 132 cm³/mol.